The number of anilines is 1. The molecule has 0 atom stereocenters. The lowest BCUT2D eigenvalue weighted by atomic mass is 10.2. The maximum Gasteiger partial charge on any atom is 0.293 e. The number of halogens is 3. The molecule has 10 heteroatoms. The molecule has 1 amide bonds. The molecule has 31 heavy (non-hydrogen) atoms. The molecule has 2 aromatic carbocycles. The van der Waals surface area contributed by atoms with E-state index in [-0.39, 0.29) is 42.2 Å². The van der Waals surface area contributed by atoms with Crippen LogP contribution in [-0.4, -0.2) is 20.7 Å². The first-order valence-electron chi connectivity index (χ1n) is 9.09. The molecule has 158 valence electrons. The van der Waals surface area contributed by atoms with Gasteiger partial charge in [0.15, 0.2) is 17.3 Å². The normalized spacial score (nSPS) is 10.8. The lowest BCUT2D eigenvalue weighted by molar-refractivity contribution is 0.0991. The zero-order valence-electron chi connectivity index (χ0n) is 15.9. The third-order valence-electron chi connectivity index (χ3n) is 4.20. The monoisotopic (exact) mass is 428 g/mol. The van der Waals surface area contributed by atoms with E-state index in [2.05, 4.69) is 15.4 Å². The summed E-state index contributed by atoms with van der Waals surface area (Å²) in [5, 5.41) is 6.55. The van der Waals surface area contributed by atoms with E-state index >= 15 is 0 Å². The number of hydrogen-bond acceptors (Lipinski definition) is 5. The van der Waals surface area contributed by atoms with Gasteiger partial charge < -0.3 is 9.15 Å². The van der Waals surface area contributed by atoms with Crippen LogP contribution in [0.3, 0.4) is 0 Å². The van der Waals surface area contributed by atoms with Gasteiger partial charge in [-0.15, -0.1) is 5.10 Å². The standard InChI is InChI=1S/C21H15F3N4O3/c22-14-5-7-18(17(24)9-14)30-11-15-6-8-19(31-15)20(29)26-21-25-12-28(27-21)10-13-3-1-2-4-16(13)23/h1-9,12H,10-11H2,(H,26,27,29). The molecule has 0 spiro atoms. The predicted molar refractivity (Wildman–Crippen MR) is 103 cm³/mol. The lowest BCUT2D eigenvalue weighted by Gasteiger charge is -2.05. The molecule has 4 rings (SSSR count). The predicted octanol–water partition coefficient (Wildman–Crippen LogP) is 4.17. The van der Waals surface area contributed by atoms with Gasteiger partial charge in [-0.1, -0.05) is 18.2 Å². The van der Waals surface area contributed by atoms with Crippen LogP contribution in [-0.2, 0) is 13.2 Å². The van der Waals surface area contributed by atoms with Crippen molar-refractivity contribution in [1.29, 1.82) is 0 Å². The van der Waals surface area contributed by atoms with Gasteiger partial charge in [-0.05, 0) is 30.3 Å². The molecule has 0 aliphatic carbocycles. The zero-order chi connectivity index (χ0) is 21.8. The Morgan fingerprint density at radius 1 is 1.06 bits per heavy atom. The fraction of sp³-hybridized carbons (Fsp3) is 0.0952. The van der Waals surface area contributed by atoms with Gasteiger partial charge in [0, 0.05) is 11.6 Å². The number of carbonyl (C=O) groups excluding carboxylic acids is 1. The Labute approximate surface area is 174 Å². The first-order valence-corrected chi connectivity index (χ1v) is 9.09. The van der Waals surface area contributed by atoms with Gasteiger partial charge in [-0.2, -0.15) is 0 Å². The SMILES string of the molecule is O=C(Nc1ncn(Cc2ccccc2F)n1)c1ccc(COc2ccc(F)cc2F)o1. The van der Waals surface area contributed by atoms with Gasteiger partial charge in [-0.3, -0.25) is 10.1 Å². The molecular formula is C21H15F3N4O3. The average Bonchev–Trinajstić information content (AvgIpc) is 3.39. The second kappa shape index (κ2) is 8.74. The third kappa shape index (κ3) is 4.92. The quantitative estimate of drug-likeness (QED) is 0.478. The second-order valence-corrected chi connectivity index (χ2v) is 6.44. The van der Waals surface area contributed by atoms with Crippen LogP contribution in [0.5, 0.6) is 5.75 Å². The summed E-state index contributed by atoms with van der Waals surface area (Å²) < 4.78 is 52.2. The maximum absolute atomic E-state index is 13.7. The maximum atomic E-state index is 13.7. The smallest absolute Gasteiger partial charge is 0.293 e. The molecule has 0 fully saturated rings. The van der Waals surface area contributed by atoms with Gasteiger partial charge in [0.2, 0.25) is 5.95 Å². The molecular weight excluding hydrogens is 413 g/mol. The minimum atomic E-state index is -0.846. The van der Waals surface area contributed by atoms with Gasteiger partial charge in [0.1, 0.15) is 30.3 Å². The van der Waals surface area contributed by atoms with Crippen LogP contribution >= 0.6 is 0 Å². The molecule has 0 saturated heterocycles. The van der Waals surface area contributed by atoms with Crippen LogP contribution in [0, 0.1) is 17.5 Å². The fourth-order valence-electron chi connectivity index (χ4n) is 2.71. The summed E-state index contributed by atoms with van der Waals surface area (Å²) in [6.45, 7) is -0.0108. The number of hydrogen-bond donors (Lipinski definition) is 1. The Morgan fingerprint density at radius 3 is 2.71 bits per heavy atom. The van der Waals surface area contributed by atoms with E-state index in [9.17, 15) is 18.0 Å². The van der Waals surface area contributed by atoms with E-state index in [1.54, 1.807) is 18.2 Å². The molecule has 7 nitrogen and oxygen atoms in total. The lowest BCUT2D eigenvalue weighted by Crippen LogP contribution is -2.13. The number of aromatic nitrogens is 3. The molecule has 1 N–H and O–H groups in total. The fourth-order valence-corrected chi connectivity index (χ4v) is 2.71. The number of ether oxygens (including phenoxy) is 1. The highest BCUT2D eigenvalue weighted by atomic mass is 19.1. The van der Waals surface area contributed by atoms with Gasteiger partial charge >= 0.3 is 0 Å². The first-order chi connectivity index (χ1) is 15.0. The van der Waals surface area contributed by atoms with Crippen LogP contribution < -0.4 is 10.1 Å². The summed E-state index contributed by atoms with van der Waals surface area (Å²) in [4.78, 5) is 16.3. The molecule has 0 aliphatic heterocycles. The largest absolute Gasteiger partial charge is 0.483 e. The van der Waals surface area contributed by atoms with Crippen molar-refractivity contribution in [3.63, 3.8) is 0 Å². The second-order valence-electron chi connectivity index (χ2n) is 6.44. The third-order valence-corrected chi connectivity index (χ3v) is 4.20. The van der Waals surface area contributed by atoms with E-state index in [0.717, 1.165) is 12.1 Å². The van der Waals surface area contributed by atoms with Crippen LogP contribution in [0.15, 0.2) is 65.3 Å². The Hall–Kier alpha value is -4.08. The van der Waals surface area contributed by atoms with Crippen molar-refractivity contribution in [2.45, 2.75) is 13.2 Å². The number of furan rings is 1. The van der Waals surface area contributed by atoms with Gasteiger partial charge in [-0.25, -0.2) is 22.8 Å². The van der Waals surface area contributed by atoms with E-state index < -0.39 is 17.5 Å². The summed E-state index contributed by atoms with van der Waals surface area (Å²) in [7, 11) is 0. The molecule has 0 aliphatic rings. The molecule has 0 bridgehead atoms. The minimum Gasteiger partial charge on any atom is -0.483 e. The Morgan fingerprint density at radius 2 is 1.90 bits per heavy atom. The minimum absolute atomic E-state index is 0.0175. The van der Waals surface area contributed by atoms with Crippen molar-refractivity contribution in [1.82, 2.24) is 14.8 Å². The Balaban J connectivity index is 1.35. The summed E-state index contributed by atoms with van der Waals surface area (Å²) in [5.41, 5.74) is 0.429. The van der Waals surface area contributed by atoms with E-state index in [4.69, 9.17) is 9.15 Å². The van der Waals surface area contributed by atoms with Crippen LogP contribution in [0.4, 0.5) is 19.1 Å². The molecule has 0 radical (unpaired) electrons. The molecule has 2 aromatic heterocycles. The summed E-state index contributed by atoms with van der Waals surface area (Å²) >= 11 is 0. The van der Waals surface area contributed by atoms with Crippen molar-refractivity contribution in [3.05, 3.63) is 95.5 Å². The molecule has 2 heterocycles. The summed E-state index contributed by atoms with van der Waals surface area (Å²) in [6, 6.07) is 12.1. The van der Waals surface area contributed by atoms with E-state index in [1.165, 1.54) is 29.2 Å². The van der Waals surface area contributed by atoms with E-state index in [1.807, 2.05) is 0 Å². The summed E-state index contributed by atoms with van der Waals surface area (Å²) in [5.74, 6) is -2.45. The highest BCUT2D eigenvalue weighted by Gasteiger charge is 2.15. The highest BCUT2D eigenvalue weighted by molar-refractivity contribution is 6.01. The zero-order valence-corrected chi connectivity index (χ0v) is 15.9. The topological polar surface area (TPSA) is 82.2 Å². The molecule has 4 aromatic rings. The molecule has 0 saturated carbocycles. The van der Waals surface area contributed by atoms with Crippen LogP contribution in [0.1, 0.15) is 21.9 Å². The Bertz CT molecular complexity index is 1220. The number of rotatable bonds is 7. The Kier molecular flexibility index (Phi) is 5.69. The van der Waals surface area contributed by atoms with Crippen molar-refractivity contribution in [3.8, 4) is 5.75 Å². The number of amides is 1. The van der Waals surface area contributed by atoms with Crippen LogP contribution in [0.25, 0.3) is 0 Å². The van der Waals surface area contributed by atoms with Gasteiger partial charge in [0.25, 0.3) is 5.91 Å². The highest BCUT2D eigenvalue weighted by Crippen LogP contribution is 2.20. The summed E-state index contributed by atoms with van der Waals surface area (Å²) in [6.07, 6.45) is 1.36. The number of benzene rings is 2. The number of nitrogens with zero attached hydrogens (tertiary/aromatic N) is 3. The van der Waals surface area contributed by atoms with E-state index in [0.29, 0.717) is 11.6 Å². The van der Waals surface area contributed by atoms with Gasteiger partial charge in [0.05, 0.1) is 6.54 Å². The van der Waals surface area contributed by atoms with Crippen LogP contribution in [0.2, 0.25) is 0 Å². The van der Waals surface area contributed by atoms with Crippen molar-refractivity contribution < 1.29 is 27.1 Å². The number of nitrogens with one attached hydrogen (secondary N) is 1. The number of carbonyl (C=O) groups is 1. The molecule has 0 unspecified atom stereocenters. The first kappa shape index (κ1) is 20.2. The van der Waals surface area contributed by atoms with Crippen molar-refractivity contribution in [2.75, 3.05) is 5.32 Å². The van der Waals surface area contributed by atoms with Crippen molar-refractivity contribution in [2.24, 2.45) is 0 Å². The van der Waals surface area contributed by atoms with Crippen molar-refractivity contribution >= 4 is 11.9 Å². The average molecular weight is 428 g/mol.